The predicted octanol–water partition coefficient (Wildman–Crippen LogP) is 6.73. The van der Waals surface area contributed by atoms with Crippen molar-refractivity contribution in [2.24, 2.45) is 5.16 Å². The molecule has 0 aromatic heterocycles. The van der Waals surface area contributed by atoms with Gasteiger partial charge in [0.1, 0.15) is 29.2 Å². The number of rotatable bonds is 12. The van der Waals surface area contributed by atoms with Gasteiger partial charge in [0.2, 0.25) is 0 Å². The molecule has 0 unspecified atom stereocenters. The number of benzene rings is 1. The Balaban J connectivity index is 2.76. The van der Waals surface area contributed by atoms with Crippen LogP contribution in [0.1, 0.15) is 51.7 Å². The first-order valence-electron chi connectivity index (χ1n) is 9.14. The summed E-state index contributed by atoms with van der Waals surface area (Å²) in [4.78, 5) is 5.20. The van der Waals surface area contributed by atoms with E-state index in [4.69, 9.17) is 49.1 Å². The second kappa shape index (κ2) is 13.1. The van der Waals surface area contributed by atoms with Gasteiger partial charge in [-0.25, -0.2) is 0 Å². The van der Waals surface area contributed by atoms with E-state index in [9.17, 15) is 0 Å². The molecule has 0 aliphatic carbocycles. The molecule has 0 saturated heterocycles. The molecule has 7 heteroatoms. The molecule has 0 bridgehead atoms. The summed E-state index contributed by atoms with van der Waals surface area (Å²) in [7, 11) is 0. The van der Waals surface area contributed by atoms with Crippen LogP contribution in [0.2, 0.25) is 5.02 Å². The van der Waals surface area contributed by atoms with Crippen molar-refractivity contribution in [3.05, 3.63) is 32.8 Å². The van der Waals surface area contributed by atoms with Gasteiger partial charge >= 0.3 is 0 Å². The van der Waals surface area contributed by atoms with E-state index in [0.29, 0.717) is 24.0 Å². The van der Waals surface area contributed by atoms with Crippen molar-refractivity contribution >= 4 is 40.5 Å². The van der Waals surface area contributed by atoms with Crippen LogP contribution in [0, 0.1) is 0 Å². The lowest BCUT2D eigenvalue weighted by Gasteiger charge is -2.19. The molecule has 0 radical (unpaired) electrons. The second-order valence-electron chi connectivity index (χ2n) is 6.09. The van der Waals surface area contributed by atoms with Crippen LogP contribution in [0.3, 0.4) is 0 Å². The fourth-order valence-corrected chi connectivity index (χ4v) is 2.86. The first kappa shape index (κ1) is 23.9. The Morgan fingerprint density at radius 1 is 1.07 bits per heavy atom. The van der Waals surface area contributed by atoms with Gasteiger partial charge in [-0.1, -0.05) is 53.8 Å². The third-order valence-electron chi connectivity index (χ3n) is 3.69. The Bertz CT molecular complexity index is 652. The van der Waals surface area contributed by atoms with Crippen molar-refractivity contribution in [2.45, 2.75) is 53.4 Å². The number of halogens is 3. The van der Waals surface area contributed by atoms with Gasteiger partial charge < -0.3 is 14.3 Å². The monoisotopic (exact) mass is 435 g/mol. The Labute approximate surface area is 177 Å². The highest BCUT2D eigenvalue weighted by atomic mass is 35.5. The Morgan fingerprint density at radius 2 is 1.78 bits per heavy atom. The summed E-state index contributed by atoms with van der Waals surface area (Å²) >= 11 is 17.8. The van der Waals surface area contributed by atoms with Crippen molar-refractivity contribution in [1.29, 1.82) is 0 Å². The molecule has 0 aliphatic rings. The molecule has 0 atom stereocenters. The number of unbranched alkanes of at least 4 members (excludes halogenated alkanes) is 1. The van der Waals surface area contributed by atoms with Crippen LogP contribution >= 0.6 is 34.8 Å². The lowest BCUT2D eigenvalue weighted by Crippen LogP contribution is -2.06. The van der Waals surface area contributed by atoms with Crippen LogP contribution in [0.4, 0.5) is 0 Å². The molecule has 4 nitrogen and oxygen atoms in total. The van der Waals surface area contributed by atoms with Crippen molar-refractivity contribution < 1.29 is 14.3 Å². The van der Waals surface area contributed by atoms with E-state index in [0.717, 1.165) is 48.3 Å². The SMILES string of the molecule is CCc1cc(OCC=C(Cl)Cl)c(Cl)c(CC)c1OCCCCON=C(C)C. The summed E-state index contributed by atoms with van der Waals surface area (Å²) < 4.78 is 12.0. The minimum Gasteiger partial charge on any atom is -0.493 e. The molecule has 0 spiro atoms. The van der Waals surface area contributed by atoms with Gasteiger partial charge in [0.25, 0.3) is 0 Å². The van der Waals surface area contributed by atoms with E-state index >= 15 is 0 Å². The fraction of sp³-hybridized carbons (Fsp3) is 0.550. The Hall–Kier alpha value is -1.10. The van der Waals surface area contributed by atoms with Crippen LogP contribution in [-0.4, -0.2) is 25.5 Å². The summed E-state index contributed by atoms with van der Waals surface area (Å²) in [5.41, 5.74) is 2.93. The maximum Gasteiger partial charge on any atom is 0.139 e. The van der Waals surface area contributed by atoms with E-state index in [-0.39, 0.29) is 11.1 Å². The molecular weight excluding hydrogens is 409 g/mol. The van der Waals surface area contributed by atoms with Crippen LogP contribution in [0.5, 0.6) is 11.5 Å². The topological polar surface area (TPSA) is 40.0 Å². The summed E-state index contributed by atoms with van der Waals surface area (Å²) in [5.74, 6) is 1.47. The zero-order valence-electron chi connectivity index (χ0n) is 16.4. The quantitative estimate of drug-likeness (QED) is 0.207. The molecule has 0 fully saturated rings. The third kappa shape index (κ3) is 8.63. The first-order valence-corrected chi connectivity index (χ1v) is 10.3. The molecule has 0 saturated carbocycles. The van der Waals surface area contributed by atoms with E-state index in [2.05, 4.69) is 12.1 Å². The normalized spacial score (nSPS) is 10.3. The van der Waals surface area contributed by atoms with E-state index in [1.165, 1.54) is 0 Å². The van der Waals surface area contributed by atoms with Crippen molar-refractivity contribution in [3.63, 3.8) is 0 Å². The minimum atomic E-state index is 0.168. The molecule has 0 aliphatic heterocycles. The van der Waals surface area contributed by atoms with Gasteiger partial charge in [0, 0.05) is 5.56 Å². The summed E-state index contributed by atoms with van der Waals surface area (Å²) in [6, 6.07) is 1.93. The summed E-state index contributed by atoms with van der Waals surface area (Å²) in [5, 5.41) is 4.48. The highest BCUT2D eigenvalue weighted by Crippen LogP contribution is 2.39. The van der Waals surface area contributed by atoms with Gasteiger partial charge in [-0.15, -0.1) is 0 Å². The smallest absolute Gasteiger partial charge is 0.139 e. The molecule has 1 aromatic carbocycles. The molecule has 0 heterocycles. The van der Waals surface area contributed by atoms with Gasteiger partial charge in [-0.3, -0.25) is 0 Å². The summed E-state index contributed by atoms with van der Waals surface area (Å²) in [6.45, 7) is 9.37. The Morgan fingerprint density at radius 3 is 2.37 bits per heavy atom. The number of hydrogen-bond donors (Lipinski definition) is 0. The van der Waals surface area contributed by atoms with Crippen molar-refractivity contribution in [3.8, 4) is 11.5 Å². The molecule has 152 valence electrons. The largest absolute Gasteiger partial charge is 0.493 e. The molecule has 0 amide bonds. The van der Waals surface area contributed by atoms with Crippen LogP contribution in [0.15, 0.2) is 21.8 Å². The van der Waals surface area contributed by atoms with Gasteiger partial charge in [-0.05, 0) is 57.2 Å². The lowest BCUT2D eigenvalue weighted by atomic mass is 10.0. The number of nitrogens with zero attached hydrogens (tertiary/aromatic N) is 1. The number of ether oxygens (including phenoxy) is 2. The molecule has 0 N–H and O–H groups in total. The lowest BCUT2D eigenvalue weighted by molar-refractivity contribution is 0.135. The number of oxime groups is 1. The highest BCUT2D eigenvalue weighted by molar-refractivity contribution is 6.55. The zero-order valence-corrected chi connectivity index (χ0v) is 18.7. The maximum absolute atomic E-state index is 6.54. The van der Waals surface area contributed by atoms with Gasteiger partial charge in [0.15, 0.2) is 0 Å². The van der Waals surface area contributed by atoms with E-state index < -0.39 is 0 Å². The number of aryl methyl sites for hydroxylation is 1. The zero-order chi connectivity index (χ0) is 20.2. The van der Waals surface area contributed by atoms with Crippen LogP contribution in [0.25, 0.3) is 0 Å². The second-order valence-corrected chi connectivity index (χ2v) is 7.48. The van der Waals surface area contributed by atoms with Gasteiger partial charge in [0.05, 0.1) is 17.3 Å². The molecule has 27 heavy (non-hydrogen) atoms. The van der Waals surface area contributed by atoms with E-state index in [1.807, 2.05) is 26.8 Å². The maximum atomic E-state index is 6.54. The summed E-state index contributed by atoms with van der Waals surface area (Å²) in [6.07, 6.45) is 4.89. The number of hydrogen-bond acceptors (Lipinski definition) is 4. The minimum absolute atomic E-state index is 0.168. The Kier molecular flexibility index (Phi) is 11.7. The van der Waals surface area contributed by atoms with Crippen LogP contribution in [-0.2, 0) is 17.7 Å². The van der Waals surface area contributed by atoms with Crippen LogP contribution < -0.4 is 9.47 Å². The molecule has 1 aromatic rings. The third-order valence-corrected chi connectivity index (χ3v) is 4.41. The average Bonchev–Trinajstić information content (AvgIpc) is 2.62. The first-order chi connectivity index (χ1) is 12.9. The van der Waals surface area contributed by atoms with Crippen molar-refractivity contribution in [1.82, 2.24) is 0 Å². The fourth-order valence-electron chi connectivity index (χ4n) is 2.40. The van der Waals surface area contributed by atoms with Gasteiger partial charge in [-0.2, -0.15) is 0 Å². The highest BCUT2D eigenvalue weighted by Gasteiger charge is 2.17. The molecular formula is C20H28Cl3NO3. The predicted molar refractivity (Wildman–Crippen MR) is 115 cm³/mol. The average molecular weight is 437 g/mol. The standard InChI is InChI=1S/C20H28Cl3NO3/c1-5-15-13-17(25-12-9-18(21)22)19(23)16(6-2)20(15)26-10-7-8-11-27-24-14(3)4/h9,13H,5-8,10-12H2,1-4H3. The van der Waals surface area contributed by atoms with Crippen molar-refractivity contribution in [2.75, 3.05) is 19.8 Å². The van der Waals surface area contributed by atoms with E-state index in [1.54, 1.807) is 6.08 Å². The molecule has 1 rings (SSSR count).